The first-order valence-corrected chi connectivity index (χ1v) is 5.44. The lowest BCUT2D eigenvalue weighted by Crippen LogP contribution is -2.15. The summed E-state index contributed by atoms with van der Waals surface area (Å²) in [6.45, 7) is 4.37. The normalized spacial score (nSPS) is 29.4. The minimum atomic E-state index is 0.326. The monoisotopic (exact) mass is 197 g/mol. The minimum absolute atomic E-state index is 0.326. The van der Waals surface area contributed by atoms with Crippen LogP contribution in [0, 0.1) is 0 Å². The van der Waals surface area contributed by atoms with Crippen molar-refractivity contribution in [2.45, 2.75) is 31.6 Å². The van der Waals surface area contributed by atoms with E-state index in [4.69, 9.17) is 11.6 Å². The SMILES string of the molecule is CC1=C2C[C@H](Cl)CC=C2CCNC1. The molecule has 1 aliphatic carbocycles. The smallest absolute Gasteiger partial charge is 0.0411 e. The van der Waals surface area contributed by atoms with Crippen LogP contribution < -0.4 is 5.32 Å². The van der Waals surface area contributed by atoms with Crippen molar-refractivity contribution < 1.29 is 0 Å². The van der Waals surface area contributed by atoms with Crippen LogP contribution >= 0.6 is 11.6 Å². The number of hydrogen-bond donors (Lipinski definition) is 1. The molecule has 2 rings (SSSR count). The van der Waals surface area contributed by atoms with Gasteiger partial charge in [-0.05, 0) is 43.9 Å². The highest BCUT2D eigenvalue weighted by molar-refractivity contribution is 6.21. The van der Waals surface area contributed by atoms with Crippen LogP contribution in [0.3, 0.4) is 0 Å². The highest BCUT2D eigenvalue weighted by Gasteiger charge is 2.20. The quantitative estimate of drug-likeness (QED) is 0.589. The van der Waals surface area contributed by atoms with Gasteiger partial charge in [-0.25, -0.2) is 0 Å². The molecule has 0 amide bonds. The fraction of sp³-hybridized carbons (Fsp3) is 0.636. The van der Waals surface area contributed by atoms with Gasteiger partial charge in [0.1, 0.15) is 0 Å². The standard InChI is InChI=1S/C11H16ClN/c1-8-7-13-5-4-9-2-3-10(12)6-11(8)9/h2,10,13H,3-7H2,1H3/t10-/m1/s1. The zero-order valence-electron chi connectivity index (χ0n) is 8.07. The Morgan fingerprint density at radius 3 is 3.23 bits per heavy atom. The average Bonchev–Trinajstić information content (AvgIpc) is 2.29. The molecule has 1 N–H and O–H groups in total. The lowest BCUT2D eigenvalue weighted by Gasteiger charge is -2.20. The van der Waals surface area contributed by atoms with Gasteiger partial charge in [0.2, 0.25) is 0 Å². The van der Waals surface area contributed by atoms with Crippen LogP contribution in [0.5, 0.6) is 0 Å². The third-order valence-electron chi connectivity index (χ3n) is 2.91. The Morgan fingerprint density at radius 1 is 1.54 bits per heavy atom. The molecule has 0 radical (unpaired) electrons. The molecule has 1 atom stereocenters. The maximum atomic E-state index is 6.16. The van der Waals surface area contributed by atoms with Crippen molar-refractivity contribution in [3.05, 3.63) is 22.8 Å². The molecular weight excluding hydrogens is 182 g/mol. The summed E-state index contributed by atoms with van der Waals surface area (Å²) in [4.78, 5) is 0. The molecule has 1 aliphatic heterocycles. The Morgan fingerprint density at radius 2 is 2.38 bits per heavy atom. The van der Waals surface area contributed by atoms with E-state index in [0.717, 1.165) is 25.9 Å². The van der Waals surface area contributed by atoms with Gasteiger partial charge in [0.25, 0.3) is 0 Å². The first-order valence-electron chi connectivity index (χ1n) is 5.00. The van der Waals surface area contributed by atoms with Gasteiger partial charge < -0.3 is 5.32 Å². The van der Waals surface area contributed by atoms with Gasteiger partial charge in [0, 0.05) is 11.9 Å². The summed E-state index contributed by atoms with van der Waals surface area (Å²) in [6, 6.07) is 0. The molecule has 0 aromatic rings. The average molecular weight is 198 g/mol. The molecule has 0 bridgehead atoms. The number of alkyl halides is 1. The van der Waals surface area contributed by atoms with Crippen LogP contribution in [0.25, 0.3) is 0 Å². The molecule has 0 spiro atoms. The summed E-state index contributed by atoms with van der Waals surface area (Å²) < 4.78 is 0. The summed E-state index contributed by atoms with van der Waals surface area (Å²) in [5, 5.41) is 3.75. The number of nitrogens with one attached hydrogen (secondary N) is 1. The van der Waals surface area contributed by atoms with E-state index in [-0.39, 0.29) is 0 Å². The van der Waals surface area contributed by atoms with Crippen LogP contribution in [-0.2, 0) is 0 Å². The maximum Gasteiger partial charge on any atom is 0.0411 e. The highest BCUT2D eigenvalue weighted by atomic mass is 35.5. The fourth-order valence-corrected chi connectivity index (χ4v) is 2.38. The molecule has 2 aliphatic rings. The van der Waals surface area contributed by atoms with Crippen molar-refractivity contribution in [2.24, 2.45) is 0 Å². The lowest BCUT2D eigenvalue weighted by atomic mass is 9.89. The summed E-state index contributed by atoms with van der Waals surface area (Å²) in [5.74, 6) is 0. The van der Waals surface area contributed by atoms with Crippen molar-refractivity contribution in [1.82, 2.24) is 5.32 Å². The van der Waals surface area contributed by atoms with Crippen LogP contribution in [0.2, 0.25) is 0 Å². The zero-order valence-corrected chi connectivity index (χ0v) is 8.82. The van der Waals surface area contributed by atoms with Crippen LogP contribution in [0.15, 0.2) is 22.8 Å². The van der Waals surface area contributed by atoms with Crippen LogP contribution in [-0.4, -0.2) is 18.5 Å². The van der Waals surface area contributed by atoms with Crippen molar-refractivity contribution in [3.63, 3.8) is 0 Å². The predicted molar refractivity (Wildman–Crippen MR) is 57.1 cm³/mol. The summed E-state index contributed by atoms with van der Waals surface area (Å²) in [6.07, 6.45) is 5.62. The Kier molecular flexibility index (Phi) is 2.75. The van der Waals surface area contributed by atoms with E-state index in [0.29, 0.717) is 5.38 Å². The summed E-state index contributed by atoms with van der Waals surface area (Å²) in [7, 11) is 0. The minimum Gasteiger partial charge on any atom is -0.313 e. The van der Waals surface area contributed by atoms with Gasteiger partial charge in [0.15, 0.2) is 0 Å². The molecule has 1 heterocycles. The zero-order chi connectivity index (χ0) is 9.26. The second kappa shape index (κ2) is 3.85. The predicted octanol–water partition coefficient (Wildman–Crippen LogP) is 2.62. The Balaban J connectivity index is 2.31. The van der Waals surface area contributed by atoms with E-state index in [2.05, 4.69) is 18.3 Å². The third kappa shape index (κ3) is 1.97. The number of fused-ring (bicyclic) bond motifs is 1. The van der Waals surface area contributed by atoms with Gasteiger partial charge in [-0.15, -0.1) is 11.6 Å². The molecule has 0 aromatic heterocycles. The highest BCUT2D eigenvalue weighted by Crippen LogP contribution is 2.32. The lowest BCUT2D eigenvalue weighted by molar-refractivity contribution is 0.740. The molecule has 72 valence electrons. The Bertz CT molecular complexity index is 265. The molecule has 0 aromatic carbocycles. The molecule has 0 unspecified atom stereocenters. The first kappa shape index (κ1) is 9.29. The van der Waals surface area contributed by atoms with E-state index in [9.17, 15) is 0 Å². The first-order chi connectivity index (χ1) is 6.27. The molecular formula is C11H16ClN. The van der Waals surface area contributed by atoms with Crippen molar-refractivity contribution >= 4 is 11.6 Å². The van der Waals surface area contributed by atoms with Crippen molar-refractivity contribution in [3.8, 4) is 0 Å². The molecule has 0 saturated heterocycles. The molecule has 0 fully saturated rings. The Labute approximate surface area is 84.9 Å². The van der Waals surface area contributed by atoms with E-state index >= 15 is 0 Å². The van der Waals surface area contributed by atoms with Gasteiger partial charge in [-0.1, -0.05) is 11.6 Å². The van der Waals surface area contributed by atoms with E-state index in [1.165, 1.54) is 17.6 Å². The fourth-order valence-electron chi connectivity index (χ4n) is 2.14. The molecule has 13 heavy (non-hydrogen) atoms. The molecule has 2 heteroatoms. The van der Waals surface area contributed by atoms with Gasteiger partial charge >= 0.3 is 0 Å². The number of allylic oxidation sites excluding steroid dienone is 2. The topological polar surface area (TPSA) is 12.0 Å². The van der Waals surface area contributed by atoms with Gasteiger partial charge in [0.05, 0.1) is 0 Å². The number of hydrogen-bond acceptors (Lipinski definition) is 1. The molecule has 0 saturated carbocycles. The van der Waals surface area contributed by atoms with Crippen LogP contribution in [0.4, 0.5) is 0 Å². The Hall–Kier alpha value is -0.270. The largest absolute Gasteiger partial charge is 0.313 e. The van der Waals surface area contributed by atoms with E-state index < -0.39 is 0 Å². The van der Waals surface area contributed by atoms with Crippen molar-refractivity contribution in [2.75, 3.05) is 13.1 Å². The van der Waals surface area contributed by atoms with Crippen LogP contribution in [0.1, 0.15) is 26.2 Å². The number of rotatable bonds is 0. The van der Waals surface area contributed by atoms with E-state index in [1.54, 1.807) is 5.57 Å². The van der Waals surface area contributed by atoms with E-state index in [1.807, 2.05) is 0 Å². The second-order valence-electron chi connectivity index (χ2n) is 3.95. The van der Waals surface area contributed by atoms with Gasteiger partial charge in [-0.3, -0.25) is 0 Å². The number of halogens is 1. The summed E-state index contributed by atoms with van der Waals surface area (Å²) in [5.41, 5.74) is 4.55. The molecule has 1 nitrogen and oxygen atoms in total. The van der Waals surface area contributed by atoms with Gasteiger partial charge in [-0.2, -0.15) is 0 Å². The maximum absolute atomic E-state index is 6.16. The summed E-state index contributed by atoms with van der Waals surface area (Å²) >= 11 is 6.16. The third-order valence-corrected chi connectivity index (χ3v) is 3.24. The second-order valence-corrected chi connectivity index (χ2v) is 4.57. The van der Waals surface area contributed by atoms with Crippen molar-refractivity contribution in [1.29, 1.82) is 0 Å².